The molecule has 0 spiro atoms. The molecule has 1 rings (SSSR count). The van der Waals surface area contributed by atoms with Gasteiger partial charge in [0.2, 0.25) is 5.91 Å². The van der Waals surface area contributed by atoms with Crippen LogP contribution in [0, 0.1) is 5.41 Å². The maximum absolute atomic E-state index is 11.5. The Balaban J connectivity index is 0.00000169. The number of rotatable bonds is 1. The van der Waals surface area contributed by atoms with Crippen LogP contribution in [0.2, 0.25) is 0 Å². The third kappa shape index (κ3) is 2.85. The molecule has 1 saturated heterocycles. The molecule has 1 fully saturated rings. The van der Waals surface area contributed by atoms with Crippen LogP contribution in [0.15, 0.2) is 0 Å². The van der Waals surface area contributed by atoms with E-state index in [1.165, 1.54) is 0 Å². The Morgan fingerprint density at radius 3 is 2.50 bits per heavy atom. The number of amides is 1. The molecule has 1 aliphatic heterocycles. The Labute approximate surface area is 92.4 Å². The standard InChI is InChI=1S/C10H20N2O.ClH/c1-10(2,3)8-5-4-6-12(8)9(13)7-11;/h8H,4-7,11H2,1-3H3;1H. The summed E-state index contributed by atoms with van der Waals surface area (Å²) in [5.74, 6) is 0.0948. The second-order valence-electron chi connectivity index (χ2n) is 4.82. The molecule has 0 saturated carbocycles. The van der Waals surface area contributed by atoms with E-state index in [1.54, 1.807) is 0 Å². The molecule has 84 valence electrons. The van der Waals surface area contributed by atoms with Gasteiger partial charge in [0, 0.05) is 12.6 Å². The lowest BCUT2D eigenvalue weighted by molar-refractivity contribution is -0.132. The summed E-state index contributed by atoms with van der Waals surface area (Å²) in [6, 6.07) is 0.378. The van der Waals surface area contributed by atoms with Crippen molar-refractivity contribution < 1.29 is 4.79 Å². The molecule has 1 aliphatic rings. The molecule has 0 bridgehead atoms. The molecule has 3 nitrogen and oxygen atoms in total. The number of carbonyl (C=O) groups is 1. The van der Waals surface area contributed by atoms with Gasteiger partial charge in [0.25, 0.3) is 0 Å². The van der Waals surface area contributed by atoms with Gasteiger partial charge in [-0.3, -0.25) is 4.79 Å². The summed E-state index contributed by atoms with van der Waals surface area (Å²) in [4.78, 5) is 13.4. The topological polar surface area (TPSA) is 46.3 Å². The zero-order valence-electron chi connectivity index (χ0n) is 9.25. The highest BCUT2D eigenvalue weighted by molar-refractivity contribution is 5.85. The Bertz CT molecular complexity index is 201. The van der Waals surface area contributed by atoms with Crippen LogP contribution in [0.1, 0.15) is 33.6 Å². The second-order valence-corrected chi connectivity index (χ2v) is 4.82. The number of nitrogens with two attached hydrogens (primary N) is 1. The van der Waals surface area contributed by atoms with Crippen molar-refractivity contribution in [2.45, 2.75) is 39.7 Å². The largest absolute Gasteiger partial charge is 0.338 e. The number of hydrogen-bond acceptors (Lipinski definition) is 2. The van der Waals surface area contributed by atoms with Gasteiger partial charge in [-0.25, -0.2) is 0 Å². The van der Waals surface area contributed by atoms with Gasteiger partial charge in [0.05, 0.1) is 6.54 Å². The quantitative estimate of drug-likeness (QED) is 0.726. The molecular formula is C10H21ClN2O. The first kappa shape index (κ1) is 13.7. The Morgan fingerprint density at radius 1 is 1.50 bits per heavy atom. The van der Waals surface area contributed by atoms with Gasteiger partial charge < -0.3 is 10.6 Å². The van der Waals surface area contributed by atoms with Gasteiger partial charge in [0.15, 0.2) is 0 Å². The van der Waals surface area contributed by atoms with Crippen molar-refractivity contribution in [2.24, 2.45) is 11.1 Å². The molecule has 0 aromatic rings. The predicted molar refractivity (Wildman–Crippen MR) is 60.5 cm³/mol. The Hall–Kier alpha value is -0.280. The van der Waals surface area contributed by atoms with Gasteiger partial charge >= 0.3 is 0 Å². The van der Waals surface area contributed by atoms with Gasteiger partial charge in [-0.1, -0.05) is 20.8 Å². The molecule has 0 aromatic carbocycles. The lowest BCUT2D eigenvalue weighted by Crippen LogP contribution is -2.45. The molecule has 1 unspecified atom stereocenters. The smallest absolute Gasteiger partial charge is 0.236 e. The molecular weight excluding hydrogens is 200 g/mol. The van der Waals surface area contributed by atoms with E-state index in [0.717, 1.165) is 19.4 Å². The molecule has 1 amide bonds. The third-order valence-electron chi connectivity index (χ3n) is 2.75. The van der Waals surface area contributed by atoms with E-state index in [-0.39, 0.29) is 30.3 Å². The molecule has 1 heterocycles. The summed E-state index contributed by atoms with van der Waals surface area (Å²) in [6.07, 6.45) is 2.24. The molecule has 0 aliphatic carbocycles. The zero-order valence-corrected chi connectivity index (χ0v) is 10.1. The fourth-order valence-corrected chi connectivity index (χ4v) is 2.08. The van der Waals surface area contributed by atoms with E-state index in [4.69, 9.17) is 5.73 Å². The number of nitrogens with zero attached hydrogens (tertiary/aromatic N) is 1. The van der Waals surface area contributed by atoms with Crippen LogP contribution in [-0.4, -0.2) is 29.9 Å². The first-order valence-corrected chi connectivity index (χ1v) is 4.96. The summed E-state index contributed by atoms with van der Waals surface area (Å²) in [7, 11) is 0. The summed E-state index contributed by atoms with van der Waals surface area (Å²) in [5.41, 5.74) is 5.55. The molecule has 1 atom stereocenters. The van der Waals surface area contributed by atoms with Crippen molar-refractivity contribution in [2.75, 3.05) is 13.1 Å². The number of hydrogen-bond donors (Lipinski definition) is 1. The predicted octanol–water partition coefficient (Wildman–Crippen LogP) is 1.40. The van der Waals surface area contributed by atoms with E-state index < -0.39 is 0 Å². The lowest BCUT2D eigenvalue weighted by Gasteiger charge is -2.34. The van der Waals surface area contributed by atoms with Gasteiger partial charge in [-0.15, -0.1) is 12.4 Å². The molecule has 4 heteroatoms. The fourth-order valence-electron chi connectivity index (χ4n) is 2.08. The molecule has 2 N–H and O–H groups in total. The monoisotopic (exact) mass is 220 g/mol. The van der Waals surface area contributed by atoms with E-state index in [1.807, 2.05) is 4.90 Å². The number of likely N-dealkylation sites (tertiary alicyclic amines) is 1. The highest BCUT2D eigenvalue weighted by Gasteiger charge is 2.35. The van der Waals surface area contributed by atoms with Crippen molar-refractivity contribution in [3.05, 3.63) is 0 Å². The number of halogens is 1. The number of carbonyl (C=O) groups excluding carboxylic acids is 1. The van der Waals surface area contributed by atoms with Gasteiger partial charge in [-0.05, 0) is 18.3 Å². The molecule has 14 heavy (non-hydrogen) atoms. The van der Waals surface area contributed by atoms with Crippen molar-refractivity contribution in [3.8, 4) is 0 Å². The molecule has 0 radical (unpaired) electrons. The zero-order chi connectivity index (χ0) is 10.1. The van der Waals surface area contributed by atoms with Crippen LogP contribution >= 0.6 is 12.4 Å². The highest BCUT2D eigenvalue weighted by atomic mass is 35.5. The third-order valence-corrected chi connectivity index (χ3v) is 2.75. The minimum Gasteiger partial charge on any atom is -0.338 e. The van der Waals surface area contributed by atoms with Crippen molar-refractivity contribution >= 4 is 18.3 Å². The maximum Gasteiger partial charge on any atom is 0.236 e. The van der Waals surface area contributed by atoms with Gasteiger partial charge in [0.1, 0.15) is 0 Å². The summed E-state index contributed by atoms with van der Waals surface area (Å²) in [6.45, 7) is 7.57. The second kappa shape index (κ2) is 4.99. The van der Waals surface area contributed by atoms with E-state index in [2.05, 4.69) is 20.8 Å². The fraction of sp³-hybridized carbons (Fsp3) is 0.900. The first-order chi connectivity index (χ1) is 5.96. The normalized spacial score (nSPS) is 22.0. The maximum atomic E-state index is 11.5. The van der Waals surface area contributed by atoms with Crippen LogP contribution in [0.25, 0.3) is 0 Å². The minimum atomic E-state index is 0. The lowest BCUT2D eigenvalue weighted by atomic mass is 9.85. The van der Waals surface area contributed by atoms with Crippen LogP contribution < -0.4 is 5.73 Å². The first-order valence-electron chi connectivity index (χ1n) is 4.96. The van der Waals surface area contributed by atoms with Crippen LogP contribution in [0.5, 0.6) is 0 Å². The Kier molecular flexibility index (Phi) is 4.89. The van der Waals surface area contributed by atoms with Gasteiger partial charge in [-0.2, -0.15) is 0 Å². The van der Waals surface area contributed by atoms with E-state index >= 15 is 0 Å². The highest BCUT2D eigenvalue weighted by Crippen LogP contribution is 2.32. The van der Waals surface area contributed by atoms with Crippen LogP contribution in [0.4, 0.5) is 0 Å². The average Bonchev–Trinajstić information content (AvgIpc) is 2.49. The Morgan fingerprint density at radius 2 is 2.07 bits per heavy atom. The minimum absolute atomic E-state index is 0. The summed E-state index contributed by atoms with van der Waals surface area (Å²) < 4.78 is 0. The van der Waals surface area contributed by atoms with Crippen molar-refractivity contribution in [1.29, 1.82) is 0 Å². The van der Waals surface area contributed by atoms with Crippen LogP contribution in [-0.2, 0) is 4.79 Å². The summed E-state index contributed by atoms with van der Waals surface area (Å²) in [5, 5.41) is 0. The average molecular weight is 221 g/mol. The van der Waals surface area contributed by atoms with Crippen LogP contribution in [0.3, 0.4) is 0 Å². The van der Waals surface area contributed by atoms with Crippen molar-refractivity contribution in [1.82, 2.24) is 4.90 Å². The van der Waals surface area contributed by atoms with E-state index in [9.17, 15) is 4.79 Å². The molecule has 0 aromatic heterocycles. The SMILES string of the molecule is CC(C)(C)C1CCCN1C(=O)CN.Cl. The summed E-state index contributed by atoms with van der Waals surface area (Å²) >= 11 is 0. The van der Waals surface area contributed by atoms with Crippen molar-refractivity contribution in [3.63, 3.8) is 0 Å². The van der Waals surface area contributed by atoms with E-state index in [0.29, 0.717) is 6.04 Å².